The van der Waals surface area contributed by atoms with Gasteiger partial charge in [-0.25, -0.2) is 0 Å². The number of carbonyl (C=O) groups excluding carboxylic acids is 1. The number of nitrogens with zero attached hydrogens (tertiary/aromatic N) is 3. The van der Waals surface area contributed by atoms with E-state index in [0.29, 0.717) is 29.8 Å². The van der Waals surface area contributed by atoms with Gasteiger partial charge in [-0.15, -0.1) is 10.2 Å². The van der Waals surface area contributed by atoms with Gasteiger partial charge in [-0.2, -0.15) is 13.2 Å². The number of amides is 1. The van der Waals surface area contributed by atoms with Crippen LogP contribution in [-0.2, 0) is 30.6 Å². The van der Waals surface area contributed by atoms with Crippen LogP contribution in [0.25, 0.3) is 0 Å². The van der Waals surface area contributed by atoms with E-state index < -0.39 is 11.7 Å². The van der Waals surface area contributed by atoms with E-state index >= 15 is 0 Å². The monoisotopic (exact) mass is 449 g/mol. The van der Waals surface area contributed by atoms with Crippen molar-refractivity contribution in [3.05, 3.63) is 71.5 Å². The third kappa shape index (κ3) is 6.48. The predicted molar refractivity (Wildman–Crippen MR) is 113 cm³/mol. The smallest absolute Gasteiger partial charge is 0.378 e. The van der Waals surface area contributed by atoms with Gasteiger partial charge in [0.25, 0.3) is 0 Å². The zero-order valence-corrected chi connectivity index (χ0v) is 17.6. The van der Waals surface area contributed by atoms with Gasteiger partial charge in [-0.05, 0) is 30.7 Å². The second kappa shape index (κ2) is 10.3. The molecule has 0 aliphatic carbocycles. The van der Waals surface area contributed by atoms with Crippen LogP contribution in [0.3, 0.4) is 0 Å². The highest BCUT2D eigenvalue weighted by molar-refractivity contribution is 7.99. The zero-order valence-electron chi connectivity index (χ0n) is 16.8. The lowest BCUT2D eigenvalue weighted by Crippen LogP contribution is -2.24. The third-order valence-corrected chi connectivity index (χ3v) is 5.38. The molecule has 0 aliphatic heterocycles. The van der Waals surface area contributed by atoms with Gasteiger partial charge >= 0.3 is 6.18 Å². The Balaban J connectivity index is 1.55. The molecule has 2 N–H and O–H groups in total. The molecule has 3 rings (SSSR count). The van der Waals surface area contributed by atoms with E-state index in [4.69, 9.17) is 0 Å². The molecule has 0 aliphatic rings. The highest BCUT2D eigenvalue weighted by atomic mass is 32.2. The number of halogens is 3. The molecule has 0 radical (unpaired) electrons. The van der Waals surface area contributed by atoms with E-state index in [-0.39, 0.29) is 18.2 Å². The van der Waals surface area contributed by atoms with Crippen molar-refractivity contribution in [2.45, 2.75) is 37.9 Å². The van der Waals surface area contributed by atoms with Crippen molar-refractivity contribution in [1.82, 2.24) is 20.1 Å². The van der Waals surface area contributed by atoms with Crippen molar-refractivity contribution in [2.75, 3.05) is 11.1 Å². The summed E-state index contributed by atoms with van der Waals surface area (Å²) in [5.74, 6) is 0.640. The first-order valence-corrected chi connectivity index (χ1v) is 10.6. The molecule has 10 heteroatoms. The van der Waals surface area contributed by atoms with Gasteiger partial charge in [-0.3, -0.25) is 4.79 Å². The Morgan fingerprint density at radius 1 is 1.06 bits per heavy atom. The zero-order chi connectivity index (χ0) is 22.3. The van der Waals surface area contributed by atoms with Crippen LogP contribution in [0.4, 0.5) is 18.9 Å². The molecule has 1 heterocycles. The van der Waals surface area contributed by atoms with Crippen LogP contribution in [0.1, 0.15) is 23.9 Å². The summed E-state index contributed by atoms with van der Waals surface area (Å²) >= 11 is 1.26. The maximum atomic E-state index is 12.9. The molecule has 0 saturated heterocycles. The molecule has 1 aromatic heterocycles. The van der Waals surface area contributed by atoms with Crippen molar-refractivity contribution in [3.63, 3.8) is 0 Å². The number of nitrogens with one attached hydrogen (secondary N) is 2. The van der Waals surface area contributed by atoms with Crippen LogP contribution in [0, 0.1) is 0 Å². The highest BCUT2D eigenvalue weighted by Gasteiger charge is 2.30. The van der Waals surface area contributed by atoms with Gasteiger partial charge in [0.15, 0.2) is 11.0 Å². The molecule has 0 atom stereocenters. The Bertz CT molecular complexity index is 1010. The van der Waals surface area contributed by atoms with Crippen LogP contribution < -0.4 is 10.6 Å². The summed E-state index contributed by atoms with van der Waals surface area (Å²) < 4.78 is 40.4. The first-order chi connectivity index (χ1) is 14.9. The van der Waals surface area contributed by atoms with Crippen LogP contribution in [0.15, 0.2) is 59.8 Å². The molecule has 0 saturated carbocycles. The number of alkyl halides is 3. The summed E-state index contributed by atoms with van der Waals surface area (Å²) in [5, 5.41) is 14.6. The van der Waals surface area contributed by atoms with Gasteiger partial charge in [0.05, 0.1) is 17.9 Å². The Kier molecular flexibility index (Phi) is 7.56. The number of benzene rings is 2. The largest absolute Gasteiger partial charge is 0.416 e. The van der Waals surface area contributed by atoms with E-state index in [9.17, 15) is 18.0 Å². The molecule has 6 nitrogen and oxygen atoms in total. The fourth-order valence-electron chi connectivity index (χ4n) is 2.84. The molecule has 2 aromatic carbocycles. The lowest BCUT2D eigenvalue weighted by atomic mass is 10.2. The summed E-state index contributed by atoms with van der Waals surface area (Å²) in [5.41, 5.74) is 0.641. The molecule has 0 bridgehead atoms. The van der Waals surface area contributed by atoms with Gasteiger partial charge in [0.1, 0.15) is 0 Å². The van der Waals surface area contributed by atoms with Crippen LogP contribution >= 0.6 is 11.8 Å². The topological polar surface area (TPSA) is 71.8 Å². The van der Waals surface area contributed by atoms with Gasteiger partial charge < -0.3 is 15.2 Å². The summed E-state index contributed by atoms with van der Waals surface area (Å²) in [6.45, 7) is 3.15. The number of hydrogen-bond acceptors (Lipinski definition) is 5. The molecular formula is C21H22F3N5OS. The Morgan fingerprint density at radius 3 is 2.55 bits per heavy atom. The fourth-order valence-corrected chi connectivity index (χ4v) is 3.69. The maximum absolute atomic E-state index is 12.9. The second-order valence-electron chi connectivity index (χ2n) is 6.63. The van der Waals surface area contributed by atoms with Crippen LogP contribution in [0.2, 0.25) is 0 Å². The normalized spacial score (nSPS) is 11.4. The number of hydrogen-bond donors (Lipinski definition) is 2. The lowest BCUT2D eigenvalue weighted by molar-refractivity contribution is -0.137. The third-order valence-electron chi connectivity index (χ3n) is 4.42. The quantitative estimate of drug-likeness (QED) is 0.476. The molecule has 0 unspecified atom stereocenters. The SMILES string of the molecule is CCn1c(CNc2cccc(C(F)(F)F)c2)nnc1SCC(=O)NCc1ccccc1. The van der Waals surface area contributed by atoms with E-state index in [1.807, 2.05) is 41.8 Å². The first kappa shape index (κ1) is 22.7. The fraction of sp³-hybridized carbons (Fsp3) is 0.286. The van der Waals surface area contributed by atoms with Crippen molar-refractivity contribution in [1.29, 1.82) is 0 Å². The number of thioether (sulfide) groups is 1. The molecule has 0 spiro atoms. The highest BCUT2D eigenvalue weighted by Crippen LogP contribution is 2.30. The van der Waals surface area contributed by atoms with Gasteiger partial charge in [0.2, 0.25) is 5.91 Å². The summed E-state index contributed by atoms with van der Waals surface area (Å²) in [6.07, 6.45) is -4.40. The van der Waals surface area contributed by atoms with Crippen molar-refractivity contribution in [2.24, 2.45) is 0 Å². The van der Waals surface area contributed by atoms with Crippen molar-refractivity contribution in [3.8, 4) is 0 Å². The van der Waals surface area contributed by atoms with Crippen molar-refractivity contribution < 1.29 is 18.0 Å². The number of aromatic nitrogens is 3. The Morgan fingerprint density at radius 2 is 1.84 bits per heavy atom. The molecule has 1 amide bonds. The Hall–Kier alpha value is -3.01. The van der Waals surface area contributed by atoms with E-state index in [0.717, 1.165) is 17.7 Å². The molecular weight excluding hydrogens is 427 g/mol. The average molecular weight is 450 g/mol. The van der Waals surface area contributed by atoms with Crippen LogP contribution in [-0.4, -0.2) is 26.4 Å². The lowest BCUT2D eigenvalue weighted by Gasteiger charge is -2.11. The predicted octanol–water partition coefficient (Wildman–Crippen LogP) is 4.34. The number of anilines is 1. The van der Waals surface area contributed by atoms with E-state index in [1.165, 1.54) is 17.8 Å². The summed E-state index contributed by atoms with van der Waals surface area (Å²) in [4.78, 5) is 12.1. The minimum Gasteiger partial charge on any atom is -0.378 e. The Labute approximate surface area is 182 Å². The molecule has 0 fully saturated rings. The average Bonchev–Trinajstić information content (AvgIpc) is 3.17. The molecule has 31 heavy (non-hydrogen) atoms. The minimum absolute atomic E-state index is 0.122. The van der Waals surface area contributed by atoms with Gasteiger partial charge in [0, 0.05) is 18.8 Å². The summed E-state index contributed by atoms with van der Waals surface area (Å²) in [6, 6.07) is 14.6. The maximum Gasteiger partial charge on any atom is 0.416 e. The number of rotatable bonds is 9. The van der Waals surface area contributed by atoms with E-state index in [1.54, 1.807) is 6.07 Å². The van der Waals surface area contributed by atoms with E-state index in [2.05, 4.69) is 20.8 Å². The summed E-state index contributed by atoms with van der Waals surface area (Å²) in [7, 11) is 0. The molecule has 164 valence electrons. The second-order valence-corrected chi connectivity index (χ2v) is 7.57. The van der Waals surface area contributed by atoms with Crippen LogP contribution in [0.5, 0.6) is 0 Å². The van der Waals surface area contributed by atoms with Crippen molar-refractivity contribution >= 4 is 23.4 Å². The first-order valence-electron chi connectivity index (χ1n) is 9.63. The minimum atomic E-state index is -4.40. The standard InChI is InChI=1S/C21H22F3N5OS/c1-2-29-18(13-25-17-10-6-9-16(11-17)21(22,23)24)27-28-20(29)31-14-19(30)26-12-15-7-4-3-5-8-15/h3-11,25H,2,12-14H2,1H3,(H,26,30). The number of carbonyl (C=O) groups is 1. The molecule has 3 aromatic rings. The van der Waals surface area contributed by atoms with Gasteiger partial charge in [-0.1, -0.05) is 48.2 Å².